The summed E-state index contributed by atoms with van der Waals surface area (Å²) < 4.78 is 13.3. The van der Waals surface area contributed by atoms with Crippen molar-refractivity contribution in [2.45, 2.75) is 25.5 Å². The van der Waals surface area contributed by atoms with E-state index in [1.807, 2.05) is 63.2 Å². The topological polar surface area (TPSA) is 78.4 Å². The van der Waals surface area contributed by atoms with Crippen molar-refractivity contribution in [3.63, 3.8) is 0 Å². The fourth-order valence-corrected chi connectivity index (χ4v) is 4.09. The molecule has 2 aromatic carbocycles. The number of anilines is 2. The fraction of sp³-hybridized carbons (Fsp3) is 0.280. The van der Waals surface area contributed by atoms with E-state index in [1.165, 1.54) is 28.8 Å². The number of hydrogen-bond donors (Lipinski definition) is 1. The van der Waals surface area contributed by atoms with Crippen LogP contribution in [0.4, 0.5) is 15.8 Å². The lowest BCUT2D eigenvalue weighted by Gasteiger charge is -2.22. The van der Waals surface area contributed by atoms with Crippen LogP contribution in [-0.4, -0.2) is 53.1 Å². The van der Waals surface area contributed by atoms with Gasteiger partial charge < -0.3 is 15.1 Å². The smallest absolute Gasteiger partial charge is 0.244 e. The number of halogens is 1. The molecule has 0 aliphatic rings. The average molecular weight is 482 g/mol. The minimum absolute atomic E-state index is 0.0783. The van der Waals surface area contributed by atoms with E-state index in [9.17, 15) is 14.0 Å². The Morgan fingerprint density at radius 2 is 1.59 bits per heavy atom. The Morgan fingerprint density at radius 3 is 2.18 bits per heavy atom. The van der Waals surface area contributed by atoms with Crippen LogP contribution in [0, 0.1) is 19.7 Å². The summed E-state index contributed by atoms with van der Waals surface area (Å²) in [4.78, 5) is 37.9. The van der Waals surface area contributed by atoms with E-state index < -0.39 is 0 Å². The Morgan fingerprint density at radius 1 is 0.971 bits per heavy atom. The molecule has 3 aromatic rings. The molecule has 2 amide bonds. The zero-order chi connectivity index (χ0) is 24.7. The van der Waals surface area contributed by atoms with Gasteiger partial charge in [0.15, 0.2) is 5.16 Å². The third-order valence-corrected chi connectivity index (χ3v) is 5.76. The summed E-state index contributed by atoms with van der Waals surface area (Å²) in [7, 11) is 3.88. The van der Waals surface area contributed by atoms with Crippen molar-refractivity contribution in [3.05, 3.63) is 77.4 Å². The largest absolute Gasteiger partial charge is 0.378 e. The lowest BCUT2D eigenvalue weighted by molar-refractivity contribution is -0.132. The fourth-order valence-electron chi connectivity index (χ4n) is 3.23. The van der Waals surface area contributed by atoms with Gasteiger partial charge in [-0.3, -0.25) is 9.59 Å². The summed E-state index contributed by atoms with van der Waals surface area (Å²) in [5, 5.41) is 3.35. The average Bonchev–Trinajstić information content (AvgIpc) is 2.78. The number of rotatable bonds is 9. The number of carbonyl (C=O) groups excluding carboxylic acids is 2. The van der Waals surface area contributed by atoms with E-state index in [4.69, 9.17) is 0 Å². The van der Waals surface area contributed by atoms with Crippen LogP contribution in [0.1, 0.15) is 17.0 Å². The molecule has 0 unspecified atom stereocenters. The van der Waals surface area contributed by atoms with Crippen LogP contribution in [0.2, 0.25) is 0 Å². The van der Waals surface area contributed by atoms with Crippen molar-refractivity contribution >= 4 is 35.0 Å². The number of amides is 2. The zero-order valence-electron chi connectivity index (χ0n) is 19.7. The van der Waals surface area contributed by atoms with E-state index in [1.54, 1.807) is 12.1 Å². The van der Waals surface area contributed by atoms with Gasteiger partial charge >= 0.3 is 0 Å². The van der Waals surface area contributed by atoms with E-state index in [2.05, 4.69) is 15.3 Å². The number of nitrogens with one attached hydrogen (secondary N) is 1. The van der Waals surface area contributed by atoms with E-state index in [0.717, 1.165) is 22.6 Å². The van der Waals surface area contributed by atoms with Gasteiger partial charge in [0.25, 0.3) is 0 Å². The first-order chi connectivity index (χ1) is 16.2. The van der Waals surface area contributed by atoms with Gasteiger partial charge in [0.1, 0.15) is 12.4 Å². The van der Waals surface area contributed by atoms with E-state index in [0.29, 0.717) is 10.8 Å². The van der Waals surface area contributed by atoms with Crippen LogP contribution in [0.3, 0.4) is 0 Å². The van der Waals surface area contributed by atoms with Crippen LogP contribution < -0.4 is 10.2 Å². The van der Waals surface area contributed by atoms with Gasteiger partial charge in [-0.2, -0.15) is 0 Å². The summed E-state index contributed by atoms with van der Waals surface area (Å²) >= 11 is 1.22. The maximum atomic E-state index is 13.3. The molecule has 0 atom stereocenters. The molecule has 1 aromatic heterocycles. The zero-order valence-corrected chi connectivity index (χ0v) is 20.5. The molecule has 0 bridgehead atoms. The molecule has 7 nitrogen and oxygen atoms in total. The van der Waals surface area contributed by atoms with Crippen molar-refractivity contribution in [2.24, 2.45) is 0 Å². The second-order valence-electron chi connectivity index (χ2n) is 8.09. The summed E-state index contributed by atoms with van der Waals surface area (Å²) in [5.41, 5.74) is 4.03. The lowest BCUT2D eigenvalue weighted by Crippen LogP contribution is -2.38. The van der Waals surface area contributed by atoms with E-state index in [-0.39, 0.29) is 36.5 Å². The molecule has 0 aliphatic carbocycles. The lowest BCUT2D eigenvalue weighted by atomic mass is 10.2. The third-order valence-electron chi connectivity index (χ3n) is 4.93. The first-order valence-corrected chi connectivity index (χ1v) is 11.7. The molecule has 0 saturated heterocycles. The number of nitrogens with zero attached hydrogens (tertiary/aromatic N) is 4. The number of aromatic nitrogens is 2. The van der Waals surface area contributed by atoms with Crippen LogP contribution in [0.5, 0.6) is 0 Å². The van der Waals surface area contributed by atoms with Crippen molar-refractivity contribution in [1.82, 2.24) is 14.9 Å². The molecule has 1 N–H and O–H groups in total. The Kier molecular flexibility index (Phi) is 8.59. The summed E-state index contributed by atoms with van der Waals surface area (Å²) in [6.45, 7) is 3.79. The third kappa shape index (κ3) is 7.55. The van der Waals surface area contributed by atoms with Gasteiger partial charge in [-0.05, 0) is 61.9 Å². The molecule has 9 heteroatoms. The standard InChI is InChI=1S/C25H28FN5O2S/c1-17-13-18(2)28-25(27-17)34-16-24(33)31(14-19-5-7-20(26)8-6-19)15-23(32)29-21-9-11-22(12-10-21)30(3)4/h5-13H,14-16H2,1-4H3,(H,29,32). The van der Waals surface area contributed by atoms with E-state index >= 15 is 0 Å². The second kappa shape index (κ2) is 11.6. The highest BCUT2D eigenvalue weighted by Crippen LogP contribution is 2.18. The molecule has 0 spiro atoms. The Balaban J connectivity index is 1.69. The maximum Gasteiger partial charge on any atom is 0.244 e. The molecule has 3 rings (SSSR count). The van der Waals surface area contributed by atoms with Gasteiger partial charge in [-0.25, -0.2) is 14.4 Å². The Hall–Kier alpha value is -3.46. The molecule has 0 fully saturated rings. The van der Waals surface area contributed by atoms with Gasteiger partial charge in [0.05, 0.1) is 5.75 Å². The maximum absolute atomic E-state index is 13.3. The number of aryl methyl sites for hydroxylation is 2. The number of thioether (sulfide) groups is 1. The minimum atomic E-state index is -0.358. The Bertz CT molecular complexity index is 1120. The predicted molar refractivity (Wildman–Crippen MR) is 133 cm³/mol. The van der Waals surface area contributed by atoms with Crippen LogP contribution in [0.15, 0.2) is 59.8 Å². The molecule has 1 heterocycles. The molecule has 178 valence electrons. The summed E-state index contributed by atoms with van der Waals surface area (Å²) in [6.07, 6.45) is 0. The molecule has 34 heavy (non-hydrogen) atoms. The summed E-state index contributed by atoms with van der Waals surface area (Å²) in [6, 6.07) is 15.2. The number of carbonyl (C=O) groups is 2. The highest BCUT2D eigenvalue weighted by atomic mass is 32.2. The van der Waals surface area contributed by atoms with Crippen LogP contribution >= 0.6 is 11.8 Å². The van der Waals surface area contributed by atoms with Gasteiger partial charge in [-0.1, -0.05) is 23.9 Å². The normalized spacial score (nSPS) is 10.6. The van der Waals surface area contributed by atoms with Crippen molar-refractivity contribution < 1.29 is 14.0 Å². The quantitative estimate of drug-likeness (QED) is 0.367. The molecule has 0 aliphatic heterocycles. The predicted octanol–water partition coefficient (Wildman–Crippen LogP) is 4.06. The Labute approximate surface area is 203 Å². The van der Waals surface area contributed by atoms with Crippen molar-refractivity contribution in [2.75, 3.05) is 36.6 Å². The SMILES string of the molecule is Cc1cc(C)nc(SCC(=O)N(CC(=O)Nc2ccc(N(C)C)cc2)Cc2ccc(F)cc2)n1. The minimum Gasteiger partial charge on any atom is -0.378 e. The highest BCUT2D eigenvalue weighted by Gasteiger charge is 2.19. The van der Waals surface area contributed by atoms with Crippen molar-refractivity contribution in [3.8, 4) is 0 Å². The highest BCUT2D eigenvalue weighted by molar-refractivity contribution is 7.99. The van der Waals surface area contributed by atoms with Gasteiger partial charge in [0.2, 0.25) is 11.8 Å². The van der Waals surface area contributed by atoms with Crippen LogP contribution in [0.25, 0.3) is 0 Å². The summed E-state index contributed by atoms with van der Waals surface area (Å²) in [5.74, 6) is -0.839. The molecular formula is C25H28FN5O2S. The van der Waals surface area contributed by atoms with Crippen molar-refractivity contribution in [1.29, 1.82) is 0 Å². The molecule has 0 radical (unpaired) electrons. The van der Waals surface area contributed by atoms with Crippen LogP contribution in [-0.2, 0) is 16.1 Å². The second-order valence-corrected chi connectivity index (χ2v) is 9.03. The first kappa shape index (κ1) is 25.2. The number of benzene rings is 2. The molecule has 0 saturated carbocycles. The number of hydrogen-bond acceptors (Lipinski definition) is 6. The van der Waals surface area contributed by atoms with Gasteiger partial charge in [0, 0.05) is 43.4 Å². The van der Waals surface area contributed by atoms with Gasteiger partial charge in [-0.15, -0.1) is 0 Å². The molecular weight excluding hydrogens is 453 g/mol. The monoisotopic (exact) mass is 481 g/mol. The first-order valence-electron chi connectivity index (χ1n) is 10.7.